The molecule has 1 aromatic carbocycles. The molecule has 4 rings (SSSR count). The molecule has 3 aliphatic rings. The zero-order valence-electron chi connectivity index (χ0n) is 16.1. The Labute approximate surface area is 177 Å². The summed E-state index contributed by atoms with van der Waals surface area (Å²) in [5.74, 6) is -0.267. The van der Waals surface area contributed by atoms with Crippen LogP contribution in [-0.2, 0) is 29.1 Å². The van der Waals surface area contributed by atoms with Gasteiger partial charge in [0.05, 0.1) is 11.6 Å². The molecule has 3 N–H and O–H groups in total. The second-order valence-electron chi connectivity index (χ2n) is 7.20. The first-order valence-electron chi connectivity index (χ1n) is 9.40. The first-order valence-corrected chi connectivity index (χ1v) is 10.8. The van der Waals surface area contributed by atoms with E-state index in [2.05, 4.69) is 14.8 Å². The van der Waals surface area contributed by atoms with Gasteiger partial charge in [0, 0.05) is 6.54 Å². The number of rotatable bonds is 7. The summed E-state index contributed by atoms with van der Waals surface area (Å²) in [5, 5.41) is 10.4. The van der Waals surface area contributed by atoms with Crippen LogP contribution in [0.2, 0.25) is 0 Å². The summed E-state index contributed by atoms with van der Waals surface area (Å²) in [6.45, 7) is 0.290. The molecule has 14 heteroatoms. The van der Waals surface area contributed by atoms with Gasteiger partial charge < -0.3 is 14.7 Å². The minimum Gasteiger partial charge on any atom is -0.507 e. The highest BCUT2D eigenvalue weighted by Gasteiger charge is 2.49. The molecule has 3 amide bonds. The molecule has 31 heavy (non-hydrogen) atoms. The predicted octanol–water partition coefficient (Wildman–Crippen LogP) is -0.412. The molecule has 1 unspecified atom stereocenters. The van der Waals surface area contributed by atoms with Crippen molar-refractivity contribution in [2.24, 2.45) is 4.99 Å². The zero-order valence-corrected chi connectivity index (χ0v) is 16.9. The average Bonchev–Trinajstić information content (AvgIpc) is 3.27. The molecule has 0 aromatic heterocycles. The summed E-state index contributed by atoms with van der Waals surface area (Å²) < 4.78 is 40.5. The third-order valence-electron chi connectivity index (χ3n) is 5.10. The Bertz CT molecular complexity index is 1010. The van der Waals surface area contributed by atoms with Crippen molar-refractivity contribution in [1.82, 2.24) is 15.4 Å². The molecule has 3 heterocycles. The van der Waals surface area contributed by atoms with E-state index in [1.807, 2.05) is 0 Å². The molecule has 3 atom stereocenters. The van der Waals surface area contributed by atoms with Gasteiger partial charge in [-0.2, -0.15) is 13.5 Å². The summed E-state index contributed by atoms with van der Waals surface area (Å²) in [7, 11) is -4.85. The van der Waals surface area contributed by atoms with E-state index in [1.54, 1.807) is 18.2 Å². The van der Waals surface area contributed by atoms with Gasteiger partial charge in [-0.25, -0.2) is 15.3 Å². The molecule has 0 aliphatic carbocycles. The Morgan fingerprint density at radius 1 is 1.32 bits per heavy atom. The van der Waals surface area contributed by atoms with E-state index < -0.39 is 40.5 Å². The van der Waals surface area contributed by atoms with Crippen molar-refractivity contribution in [3.05, 3.63) is 29.8 Å². The van der Waals surface area contributed by atoms with Gasteiger partial charge in [0.15, 0.2) is 0 Å². The number of hydrogen-bond donors (Lipinski definition) is 3. The SMILES string of the molecule is O=C(NOC[C@@H]1COC(c2ccccc2O)=N1)[C@@H]1CCC2CN1C(=O)N2OS(=O)(=O)O. The Hall–Kier alpha value is -2.94. The third-order valence-corrected chi connectivity index (χ3v) is 5.44. The molecule has 1 aromatic rings. The van der Waals surface area contributed by atoms with E-state index >= 15 is 0 Å². The standard InChI is InChI=1S/C17H20N4O9S/c22-14-4-2-1-3-12(14)16-18-10(8-28-16)9-29-19-15(23)13-6-5-11-7-20(13)17(24)21(11)30-31(25,26)27/h1-4,10-11,13,22H,5-9H2,(H,19,23)(H,25,26,27)/t10-,11?,13-/m0/s1. The van der Waals surface area contributed by atoms with Gasteiger partial charge >= 0.3 is 16.4 Å². The number of hydroxylamine groups is 3. The predicted molar refractivity (Wildman–Crippen MR) is 102 cm³/mol. The number of piperidine rings is 1. The first-order chi connectivity index (χ1) is 14.7. The van der Waals surface area contributed by atoms with E-state index in [1.165, 1.54) is 6.07 Å². The summed E-state index contributed by atoms with van der Waals surface area (Å²) in [4.78, 5) is 35.5. The van der Waals surface area contributed by atoms with Gasteiger partial charge in [-0.3, -0.25) is 14.2 Å². The molecule has 3 aliphatic heterocycles. The van der Waals surface area contributed by atoms with Crippen molar-refractivity contribution in [3.63, 3.8) is 0 Å². The minimum absolute atomic E-state index is 0.00409. The molecule has 0 saturated carbocycles. The van der Waals surface area contributed by atoms with E-state index in [9.17, 15) is 23.1 Å². The van der Waals surface area contributed by atoms with Crippen molar-refractivity contribution >= 4 is 28.2 Å². The van der Waals surface area contributed by atoms with Gasteiger partial charge in [-0.15, -0.1) is 4.28 Å². The van der Waals surface area contributed by atoms with E-state index in [0.29, 0.717) is 17.0 Å². The summed E-state index contributed by atoms with van der Waals surface area (Å²) >= 11 is 0. The van der Waals surface area contributed by atoms with Crippen LogP contribution in [0.25, 0.3) is 0 Å². The Kier molecular flexibility index (Phi) is 5.70. The monoisotopic (exact) mass is 456 g/mol. The topological polar surface area (TPSA) is 167 Å². The lowest BCUT2D eigenvalue weighted by atomic mass is 10.0. The Morgan fingerprint density at radius 3 is 2.84 bits per heavy atom. The maximum Gasteiger partial charge on any atom is 0.418 e. The van der Waals surface area contributed by atoms with Crippen LogP contribution in [0.4, 0.5) is 4.79 Å². The number of nitrogens with zero attached hydrogens (tertiary/aromatic N) is 3. The lowest BCUT2D eigenvalue weighted by molar-refractivity contribution is -0.139. The fraction of sp³-hybridized carbons (Fsp3) is 0.471. The zero-order chi connectivity index (χ0) is 22.2. The molecule has 2 saturated heterocycles. The number of phenolic OH excluding ortho intramolecular Hbond substituents is 1. The highest BCUT2D eigenvalue weighted by molar-refractivity contribution is 7.80. The van der Waals surface area contributed by atoms with Gasteiger partial charge in [-0.05, 0) is 25.0 Å². The number of hydrogen-bond acceptors (Lipinski definition) is 9. The Balaban J connectivity index is 1.29. The van der Waals surface area contributed by atoms with Crippen LogP contribution in [0.15, 0.2) is 29.3 Å². The largest absolute Gasteiger partial charge is 0.507 e. The average molecular weight is 456 g/mol. The van der Waals surface area contributed by atoms with Crippen LogP contribution in [0.1, 0.15) is 18.4 Å². The highest BCUT2D eigenvalue weighted by atomic mass is 32.3. The van der Waals surface area contributed by atoms with Gasteiger partial charge in [0.25, 0.3) is 5.91 Å². The summed E-state index contributed by atoms with van der Waals surface area (Å²) in [5.41, 5.74) is 2.73. The molecule has 168 valence electrons. The fourth-order valence-corrected chi connectivity index (χ4v) is 4.07. The number of amides is 3. The smallest absolute Gasteiger partial charge is 0.418 e. The molecular weight excluding hydrogens is 436 g/mol. The molecule has 0 radical (unpaired) electrons. The number of phenols is 1. The Morgan fingerprint density at radius 2 is 2.10 bits per heavy atom. The number of urea groups is 1. The van der Waals surface area contributed by atoms with Crippen LogP contribution in [0.3, 0.4) is 0 Å². The van der Waals surface area contributed by atoms with E-state index in [0.717, 1.165) is 4.90 Å². The molecule has 0 spiro atoms. The number of carbonyl (C=O) groups is 2. The molecule has 2 bridgehead atoms. The van der Waals surface area contributed by atoms with E-state index in [-0.39, 0.29) is 37.8 Å². The van der Waals surface area contributed by atoms with Crippen LogP contribution in [0, 0.1) is 0 Å². The second kappa shape index (κ2) is 8.30. The van der Waals surface area contributed by atoms with Crippen LogP contribution < -0.4 is 5.48 Å². The van der Waals surface area contributed by atoms with Crippen molar-refractivity contribution in [3.8, 4) is 5.75 Å². The molecular formula is C17H20N4O9S. The lowest BCUT2D eigenvalue weighted by Gasteiger charge is -2.28. The summed E-state index contributed by atoms with van der Waals surface area (Å²) in [6, 6.07) is 3.90. The van der Waals surface area contributed by atoms with Crippen LogP contribution in [-0.4, -0.2) is 83.8 Å². The number of para-hydroxylation sites is 1. The van der Waals surface area contributed by atoms with Crippen LogP contribution >= 0.6 is 0 Å². The van der Waals surface area contributed by atoms with Crippen LogP contribution in [0.5, 0.6) is 5.75 Å². The maximum absolute atomic E-state index is 12.5. The fourth-order valence-electron chi connectivity index (χ4n) is 3.68. The van der Waals surface area contributed by atoms with E-state index in [4.69, 9.17) is 14.1 Å². The number of nitrogens with one attached hydrogen (secondary N) is 1. The number of aromatic hydroxyl groups is 1. The number of carbonyl (C=O) groups excluding carboxylic acids is 2. The maximum atomic E-state index is 12.5. The van der Waals surface area contributed by atoms with Crippen molar-refractivity contribution in [1.29, 1.82) is 0 Å². The van der Waals surface area contributed by atoms with Crippen molar-refractivity contribution in [2.75, 3.05) is 19.8 Å². The van der Waals surface area contributed by atoms with Gasteiger partial charge in [0.2, 0.25) is 5.90 Å². The molecule has 13 nitrogen and oxygen atoms in total. The first kappa shape index (κ1) is 21.3. The third kappa shape index (κ3) is 4.56. The highest BCUT2D eigenvalue weighted by Crippen LogP contribution is 2.30. The normalized spacial score (nSPS) is 25.4. The quantitative estimate of drug-likeness (QED) is 0.365. The van der Waals surface area contributed by atoms with Gasteiger partial charge in [0.1, 0.15) is 31.0 Å². The minimum atomic E-state index is -4.85. The molecule has 2 fully saturated rings. The number of ether oxygens (including phenoxy) is 1. The van der Waals surface area contributed by atoms with Crippen molar-refractivity contribution < 1.29 is 41.5 Å². The number of benzene rings is 1. The lowest BCUT2D eigenvalue weighted by Crippen LogP contribution is -2.50. The van der Waals surface area contributed by atoms with Crippen molar-refractivity contribution in [2.45, 2.75) is 31.0 Å². The second-order valence-corrected chi connectivity index (χ2v) is 8.21. The van der Waals surface area contributed by atoms with Gasteiger partial charge in [-0.1, -0.05) is 12.1 Å². The number of fused-ring (bicyclic) bond motifs is 2. The summed E-state index contributed by atoms with van der Waals surface area (Å²) in [6.07, 6.45) is 0.569. The number of aliphatic imine (C=N–C) groups is 1.